The number of hydrogen-bond donors (Lipinski definition) is 2. The van der Waals surface area contributed by atoms with Gasteiger partial charge in [-0.05, 0) is 37.0 Å². The van der Waals surface area contributed by atoms with Crippen molar-refractivity contribution in [2.75, 3.05) is 12.8 Å². The lowest BCUT2D eigenvalue weighted by Gasteiger charge is -2.25. The minimum Gasteiger partial charge on any atom is -0.496 e. The van der Waals surface area contributed by atoms with Crippen LogP contribution < -0.4 is 16.2 Å². The quantitative estimate of drug-likeness (QED) is 0.664. The van der Waals surface area contributed by atoms with Crippen LogP contribution in [0.1, 0.15) is 30.0 Å². The predicted octanol–water partition coefficient (Wildman–Crippen LogP) is 1.61. The Bertz CT molecular complexity index is 349. The summed E-state index contributed by atoms with van der Waals surface area (Å²) in [5.41, 5.74) is 15.0. The van der Waals surface area contributed by atoms with Gasteiger partial charge in [-0.25, -0.2) is 0 Å². The zero-order valence-electron chi connectivity index (χ0n) is 8.42. The van der Waals surface area contributed by atoms with Crippen molar-refractivity contribution in [2.24, 2.45) is 5.73 Å². The molecule has 1 aliphatic carbocycles. The lowest BCUT2D eigenvalue weighted by molar-refractivity contribution is 0.403. The highest BCUT2D eigenvalue weighted by Gasteiger charge is 2.22. The molecule has 0 radical (unpaired) electrons. The first-order valence-corrected chi connectivity index (χ1v) is 4.95. The Balaban J connectivity index is 2.57. The SMILES string of the molecule is COc1ccc(N)c2c1CCCC2N. The summed E-state index contributed by atoms with van der Waals surface area (Å²) >= 11 is 0. The van der Waals surface area contributed by atoms with Gasteiger partial charge >= 0.3 is 0 Å². The van der Waals surface area contributed by atoms with Gasteiger partial charge in [-0.3, -0.25) is 0 Å². The first kappa shape index (κ1) is 9.34. The van der Waals surface area contributed by atoms with Crippen LogP contribution in [0.4, 0.5) is 5.69 Å². The number of rotatable bonds is 1. The minimum absolute atomic E-state index is 0.0776. The molecule has 2 rings (SSSR count). The van der Waals surface area contributed by atoms with Crippen LogP contribution in [0.25, 0.3) is 0 Å². The van der Waals surface area contributed by atoms with Crippen molar-refractivity contribution in [1.29, 1.82) is 0 Å². The molecule has 0 heterocycles. The van der Waals surface area contributed by atoms with Gasteiger partial charge in [0.05, 0.1) is 7.11 Å². The maximum Gasteiger partial charge on any atom is 0.122 e. The molecule has 0 saturated carbocycles. The molecule has 0 spiro atoms. The Labute approximate surface area is 84.0 Å². The second-order valence-electron chi connectivity index (χ2n) is 3.75. The van der Waals surface area contributed by atoms with Gasteiger partial charge in [0.25, 0.3) is 0 Å². The van der Waals surface area contributed by atoms with E-state index in [1.807, 2.05) is 12.1 Å². The highest BCUT2D eigenvalue weighted by molar-refractivity contribution is 5.58. The summed E-state index contributed by atoms with van der Waals surface area (Å²) in [6.45, 7) is 0. The molecule has 14 heavy (non-hydrogen) atoms. The predicted molar refractivity (Wildman–Crippen MR) is 57.3 cm³/mol. The van der Waals surface area contributed by atoms with Gasteiger partial charge in [0.15, 0.2) is 0 Å². The molecule has 1 atom stereocenters. The maximum atomic E-state index is 6.04. The van der Waals surface area contributed by atoms with Gasteiger partial charge < -0.3 is 16.2 Å². The summed E-state index contributed by atoms with van der Waals surface area (Å²) in [6.07, 6.45) is 3.16. The molecule has 4 N–H and O–H groups in total. The Morgan fingerprint density at radius 3 is 2.93 bits per heavy atom. The van der Waals surface area contributed by atoms with Gasteiger partial charge in [-0.1, -0.05) is 0 Å². The lowest BCUT2D eigenvalue weighted by Crippen LogP contribution is -2.19. The van der Waals surface area contributed by atoms with E-state index in [-0.39, 0.29) is 6.04 Å². The molecule has 0 aromatic heterocycles. The standard InChI is InChI=1S/C11H16N2O/c1-14-10-6-5-9(13)11-7(10)3-2-4-8(11)12/h5-6,8H,2-4,12-13H2,1H3. The summed E-state index contributed by atoms with van der Waals surface area (Å²) in [5.74, 6) is 0.921. The lowest BCUT2D eigenvalue weighted by atomic mass is 9.86. The molecule has 0 amide bonds. The van der Waals surface area contributed by atoms with Crippen LogP contribution in [0.15, 0.2) is 12.1 Å². The summed E-state index contributed by atoms with van der Waals surface area (Å²) < 4.78 is 5.30. The fraction of sp³-hybridized carbons (Fsp3) is 0.455. The minimum atomic E-state index is 0.0776. The largest absolute Gasteiger partial charge is 0.496 e. The monoisotopic (exact) mass is 192 g/mol. The summed E-state index contributed by atoms with van der Waals surface area (Å²) in [6, 6.07) is 3.88. The molecule has 3 heteroatoms. The third kappa shape index (κ3) is 1.34. The van der Waals surface area contributed by atoms with Crippen molar-refractivity contribution >= 4 is 5.69 Å². The second-order valence-corrected chi connectivity index (χ2v) is 3.75. The van der Waals surface area contributed by atoms with Crippen LogP contribution in [0.5, 0.6) is 5.75 Å². The van der Waals surface area contributed by atoms with Crippen molar-refractivity contribution in [3.05, 3.63) is 23.3 Å². The van der Waals surface area contributed by atoms with E-state index in [9.17, 15) is 0 Å². The molecule has 1 unspecified atom stereocenters. The maximum absolute atomic E-state index is 6.04. The zero-order chi connectivity index (χ0) is 10.1. The first-order valence-electron chi connectivity index (χ1n) is 4.95. The van der Waals surface area contributed by atoms with E-state index < -0.39 is 0 Å². The Morgan fingerprint density at radius 2 is 2.21 bits per heavy atom. The molecule has 1 aliphatic rings. The highest BCUT2D eigenvalue weighted by Crippen LogP contribution is 2.37. The van der Waals surface area contributed by atoms with E-state index in [0.29, 0.717) is 0 Å². The number of ether oxygens (including phenoxy) is 1. The van der Waals surface area contributed by atoms with Crippen molar-refractivity contribution < 1.29 is 4.74 Å². The molecule has 76 valence electrons. The Morgan fingerprint density at radius 1 is 1.43 bits per heavy atom. The van der Waals surface area contributed by atoms with Gasteiger partial charge in [0.1, 0.15) is 5.75 Å². The van der Waals surface area contributed by atoms with E-state index in [1.54, 1.807) is 7.11 Å². The normalized spacial score (nSPS) is 20.3. The summed E-state index contributed by atoms with van der Waals surface area (Å²) in [4.78, 5) is 0. The second kappa shape index (κ2) is 3.50. The topological polar surface area (TPSA) is 61.3 Å². The average molecular weight is 192 g/mol. The van der Waals surface area contributed by atoms with E-state index in [4.69, 9.17) is 16.2 Å². The van der Waals surface area contributed by atoms with E-state index in [2.05, 4.69) is 0 Å². The fourth-order valence-corrected chi connectivity index (χ4v) is 2.19. The molecular weight excluding hydrogens is 176 g/mol. The van der Waals surface area contributed by atoms with Crippen LogP contribution in [0.3, 0.4) is 0 Å². The third-order valence-electron chi connectivity index (χ3n) is 2.88. The van der Waals surface area contributed by atoms with E-state index in [1.165, 1.54) is 5.56 Å². The molecule has 1 aromatic carbocycles. The Hall–Kier alpha value is -1.22. The number of hydrogen-bond acceptors (Lipinski definition) is 3. The van der Waals surface area contributed by atoms with Crippen LogP contribution in [0.2, 0.25) is 0 Å². The molecule has 0 bridgehead atoms. The Kier molecular flexibility index (Phi) is 2.33. The van der Waals surface area contributed by atoms with E-state index in [0.717, 1.165) is 36.3 Å². The molecule has 0 fully saturated rings. The van der Waals surface area contributed by atoms with Gasteiger partial charge in [-0.2, -0.15) is 0 Å². The van der Waals surface area contributed by atoms with Gasteiger partial charge in [-0.15, -0.1) is 0 Å². The third-order valence-corrected chi connectivity index (χ3v) is 2.88. The molecular formula is C11H16N2O. The van der Waals surface area contributed by atoms with Crippen molar-refractivity contribution in [1.82, 2.24) is 0 Å². The van der Waals surface area contributed by atoms with E-state index >= 15 is 0 Å². The van der Waals surface area contributed by atoms with Crippen LogP contribution in [0, 0.1) is 0 Å². The molecule has 3 nitrogen and oxygen atoms in total. The number of anilines is 1. The van der Waals surface area contributed by atoms with Crippen LogP contribution >= 0.6 is 0 Å². The molecule has 0 saturated heterocycles. The smallest absolute Gasteiger partial charge is 0.122 e. The number of nitrogens with two attached hydrogens (primary N) is 2. The molecule has 1 aromatic rings. The number of methoxy groups -OCH3 is 1. The van der Waals surface area contributed by atoms with Gasteiger partial charge in [0.2, 0.25) is 0 Å². The van der Waals surface area contributed by atoms with Crippen LogP contribution in [-0.2, 0) is 6.42 Å². The number of fused-ring (bicyclic) bond motifs is 1. The number of nitrogen functional groups attached to an aromatic ring is 1. The zero-order valence-corrected chi connectivity index (χ0v) is 8.42. The van der Waals surface area contributed by atoms with Crippen LogP contribution in [-0.4, -0.2) is 7.11 Å². The highest BCUT2D eigenvalue weighted by atomic mass is 16.5. The van der Waals surface area contributed by atoms with Crippen molar-refractivity contribution in [2.45, 2.75) is 25.3 Å². The summed E-state index contributed by atoms with van der Waals surface area (Å²) in [7, 11) is 1.69. The summed E-state index contributed by atoms with van der Waals surface area (Å²) in [5, 5.41) is 0. The first-order chi connectivity index (χ1) is 6.74. The van der Waals surface area contributed by atoms with Crippen molar-refractivity contribution in [3.8, 4) is 5.75 Å². The average Bonchev–Trinajstić information content (AvgIpc) is 2.18. The van der Waals surface area contributed by atoms with Gasteiger partial charge in [0, 0.05) is 17.3 Å². The molecule has 0 aliphatic heterocycles. The van der Waals surface area contributed by atoms with Crippen molar-refractivity contribution in [3.63, 3.8) is 0 Å². The fourth-order valence-electron chi connectivity index (χ4n) is 2.19. The number of benzene rings is 1.